The number of hydrogen-bond donors (Lipinski definition) is 2. The van der Waals surface area contributed by atoms with Crippen molar-refractivity contribution in [3.8, 4) is 17.2 Å². The minimum Gasteiger partial charge on any atom is -0.507 e. The van der Waals surface area contributed by atoms with Crippen molar-refractivity contribution in [2.24, 2.45) is 0 Å². The number of phenolic OH excluding ortho intramolecular Hbond substituents is 1. The van der Waals surface area contributed by atoms with Gasteiger partial charge in [-0.2, -0.15) is 0 Å². The highest BCUT2D eigenvalue weighted by molar-refractivity contribution is 8.24. The Morgan fingerprint density at radius 1 is 1.22 bits per heavy atom. The van der Waals surface area contributed by atoms with Crippen LogP contribution in [0.4, 0.5) is 0 Å². The standard InChI is InChI=1S/C25H29NO4S2/c1-14-15(2)22-19(16(3)21(14)27)9-10-25(4,30-22)11-12-29-18-7-5-17(6-8-18)13-20-23(28)26-24(31)32-20/h5-8,20,27H,9-13H2,1-4H3,(H,26,28,31). The number of nitrogens with one attached hydrogen (secondary N) is 1. The molecule has 0 bridgehead atoms. The number of carbonyl (C=O) groups is 1. The maximum absolute atomic E-state index is 11.9. The van der Waals surface area contributed by atoms with Gasteiger partial charge in [0.05, 0.1) is 11.9 Å². The van der Waals surface area contributed by atoms with Crippen molar-refractivity contribution in [2.75, 3.05) is 6.61 Å². The minimum absolute atomic E-state index is 0.0153. The van der Waals surface area contributed by atoms with Crippen molar-refractivity contribution in [3.63, 3.8) is 0 Å². The second-order valence-electron chi connectivity index (χ2n) is 8.91. The first-order chi connectivity index (χ1) is 15.2. The van der Waals surface area contributed by atoms with Gasteiger partial charge in [-0.1, -0.05) is 36.1 Å². The van der Waals surface area contributed by atoms with Crippen LogP contribution in [0.3, 0.4) is 0 Å². The van der Waals surface area contributed by atoms with E-state index in [-0.39, 0.29) is 16.8 Å². The quantitative estimate of drug-likeness (QED) is 0.583. The number of aromatic hydroxyl groups is 1. The van der Waals surface area contributed by atoms with Crippen molar-refractivity contribution in [1.82, 2.24) is 5.32 Å². The number of carbonyl (C=O) groups excluding carboxylic acids is 1. The van der Waals surface area contributed by atoms with Gasteiger partial charge in [0.2, 0.25) is 5.91 Å². The summed E-state index contributed by atoms with van der Waals surface area (Å²) in [7, 11) is 0. The summed E-state index contributed by atoms with van der Waals surface area (Å²) in [5.41, 5.74) is 4.72. The van der Waals surface area contributed by atoms with Crippen molar-refractivity contribution in [3.05, 3.63) is 52.1 Å². The predicted octanol–water partition coefficient (Wildman–Crippen LogP) is 4.93. The highest BCUT2D eigenvalue weighted by atomic mass is 32.2. The SMILES string of the molecule is Cc1c(C)c2c(c(C)c1O)CCC(C)(CCOc1ccc(CC3SC(=S)NC3=O)cc1)O2. The van der Waals surface area contributed by atoms with Crippen LogP contribution < -0.4 is 14.8 Å². The van der Waals surface area contributed by atoms with Gasteiger partial charge in [-0.15, -0.1) is 0 Å². The van der Waals surface area contributed by atoms with E-state index in [9.17, 15) is 9.90 Å². The molecule has 0 aromatic heterocycles. The molecule has 5 nitrogen and oxygen atoms in total. The summed E-state index contributed by atoms with van der Waals surface area (Å²) in [6.45, 7) is 8.60. The van der Waals surface area contributed by atoms with Gasteiger partial charge in [-0.05, 0) is 81.3 Å². The minimum atomic E-state index is -0.307. The molecule has 0 spiro atoms. The molecule has 2 atom stereocenters. The predicted molar refractivity (Wildman–Crippen MR) is 132 cm³/mol. The molecule has 1 saturated heterocycles. The van der Waals surface area contributed by atoms with Crippen LogP contribution in [0, 0.1) is 20.8 Å². The third kappa shape index (κ3) is 4.59. The number of phenols is 1. The summed E-state index contributed by atoms with van der Waals surface area (Å²) in [6.07, 6.45) is 3.18. The van der Waals surface area contributed by atoms with Crippen LogP contribution in [0.2, 0.25) is 0 Å². The number of ether oxygens (including phenoxy) is 2. The molecule has 2 aliphatic rings. The average molecular weight is 472 g/mol. The van der Waals surface area contributed by atoms with Crippen LogP contribution >= 0.6 is 24.0 Å². The number of benzene rings is 2. The van der Waals surface area contributed by atoms with Gasteiger partial charge >= 0.3 is 0 Å². The summed E-state index contributed by atoms with van der Waals surface area (Å²) in [6, 6.07) is 7.90. The number of rotatable bonds is 6. The number of fused-ring (bicyclic) bond motifs is 1. The molecule has 7 heteroatoms. The molecular formula is C25H29NO4S2. The summed E-state index contributed by atoms with van der Waals surface area (Å²) in [5, 5.41) is 12.9. The Morgan fingerprint density at radius 2 is 1.94 bits per heavy atom. The molecule has 0 radical (unpaired) electrons. The van der Waals surface area contributed by atoms with E-state index in [4.69, 9.17) is 21.7 Å². The summed E-state index contributed by atoms with van der Waals surface area (Å²) < 4.78 is 13.0. The Bertz CT molecular complexity index is 1070. The molecule has 2 aromatic carbocycles. The van der Waals surface area contributed by atoms with Crippen molar-refractivity contribution in [1.29, 1.82) is 0 Å². The van der Waals surface area contributed by atoms with E-state index < -0.39 is 0 Å². The number of thioether (sulfide) groups is 1. The van der Waals surface area contributed by atoms with Gasteiger partial charge in [0.25, 0.3) is 0 Å². The lowest BCUT2D eigenvalue weighted by atomic mass is 9.86. The van der Waals surface area contributed by atoms with Crippen LogP contribution in [0.5, 0.6) is 17.2 Å². The lowest BCUT2D eigenvalue weighted by Gasteiger charge is -2.38. The summed E-state index contributed by atoms with van der Waals surface area (Å²) in [4.78, 5) is 11.9. The summed E-state index contributed by atoms with van der Waals surface area (Å²) in [5.74, 6) is 2.10. The van der Waals surface area contributed by atoms with Crippen LogP contribution in [0.15, 0.2) is 24.3 Å². The Morgan fingerprint density at radius 3 is 2.59 bits per heavy atom. The zero-order chi connectivity index (χ0) is 23.0. The maximum Gasteiger partial charge on any atom is 0.239 e. The Labute approximate surface area is 198 Å². The van der Waals surface area contributed by atoms with Crippen LogP contribution in [0.25, 0.3) is 0 Å². The fraction of sp³-hybridized carbons (Fsp3) is 0.440. The van der Waals surface area contributed by atoms with Gasteiger partial charge in [0, 0.05) is 12.0 Å². The van der Waals surface area contributed by atoms with Crippen LogP contribution in [-0.4, -0.2) is 32.8 Å². The zero-order valence-electron chi connectivity index (χ0n) is 18.9. The van der Waals surface area contributed by atoms with E-state index in [0.717, 1.165) is 58.6 Å². The second kappa shape index (κ2) is 8.94. The molecule has 0 saturated carbocycles. The molecule has 2 unspecified atom stereocenters. The first-order valence-corrected chi connectivity index (χ1v) is 12.2. The highest BCUT2D eigenvalue weighted by Gasteiger charge is 2.34. The largest absolute Gasteiger partial charge is 0.507 e. The fourth-order valence-corrected chi connectivity index (χ4v) is 5.63. The number of thiocarbonyl (C=S) groups is 1. The summed E-state index contributed by atoms with van der Waals surface area (Å²) >= 11 is 6.47. The Balaban J connectivity index is 1.34. The van der Waals surface area contributed by atoms with E-state index in [0.29, 0.717) is 23.1 Å². The smallest absolute Gasteiger partial charge is 0.239 e. The maximum atomic E-state index is 11.9. The normalized spacial score (nSPS) is 22.3. The van der Waals surface area contributed by atoms with E-state index in [1.165, 1.54) is 11.8 Å². The van der Waals surface area contributed by atoms with Gasteiger partial charge < -0.3 is 19.9 Å². The zero-order valence-corrected chi connectivity index (χ0v) is 20.5. The third-order valence-electron chi connectivity index (χ3n) is 6.60. The van der Waals surface area contributed by atoms with Crippen molar-refractivity contribution >= 4 is 34.2 Å². The molecule has 32 heavy (non-hydrogen) atoms. The molecule has 2 N–H and O–H groups in total. The Hall–Kier alpha value is -2.25. The molecule has 1 amide bonds. The van der Waals surface area contributed by atoms with E-state index in [1.54, 1.807) is 0 Å². The lowest BCUT2D eigenvalue weighted by molar-refractivity contribution is -0.118. The first-order valence-electron chi connectivity index (χ1n) is 10.9. The van der Waals surface area contributed by atoms with Crippen molar-refractivity contribution in [2.45, 2.75) is 64.2 Å². The monoisotopic (exact) mass is 471 g/mol. The highest BCUT2D eigenvalue weighted by Crippen LogP contribution is 2.44. The van der Waals surface area contributed by atoms with E-state index in [2.05, 4.69) is 12.2 Å². The molecular weight excluding hydrogens is 442 g/mol. The molecule has 2 aliphatic heterocycles. The third-order valence-corrected chi connectivity index (χ3v) is 7.98. The molecule has 2 aromatic rings. The second-order valence-corrected chi connectivity index (χ2v) is 10.8. The first kappa shape index (κ1) is 22.9. The number of amides is 1. The van der Waals surface area contributed by atoms with Gasteiger partial charge in [-0.3, -0.25) is 4.79 Å². The average Bonchev–Trinajstić information content (AvgIpc) is 3.08. The molecule has 4 rings (SSSR count). The fourth-order valence-electron chi connectivity index (χ4n) is 4.32. The van der Waals surface area contributed by atoms with Crippen LogP contribution in [-0.2, 0) is 17.6 Å². The van der Waals surface area contributed by atoms with Gasteiger partial charge in [0.15, 0.2) is 0 Å². The van der Waals surface area contributed by atoms with E-state index >= 15 is 0 Å². The molecule has 0 aliphatic carbocycles. The lowest BCUT2D eigenvalue weighted by Crippen LogP contribution is -2.38. The number of hydrogen-bond acceptors (Lipinski definition) is 6. The van der Waals surface area contributed by atoms with Crippen molar-refractivity contribution < 1.29 is 19.4 Å². The molecule has 1 fully saturated rings. The van der Waals surface area contributed by atoms with E-state index in [1.807, 2.05) is 45.0 Å². The Kier molecular flexibility index (Phi) is 6.41. The van der Waals surface area contributed by atoms with Gasteiger partial charge in [-0.25, -0.2) is 0 Å². The topological polar surface area (TPSA) is 67.8 Å². The molecule has 2 heterocycles. The van der Waals surface area contributed by atoms with Gasteiger partial charge in [0.1, 0.15) is 27.2 Å². The van der Waals surface area contributed by atoms with Crippen LogP contribution in [0.1, 0.15) is 47.6 Å². The molecule has 170 valence electrons.